The van der Waals surface area contributed by atoms with Crippen molar-refractivity contribution < 1.29 is 10.0 Å². The molecule has 1 heterocycles. The van der Waals surface area contributed by atoms with Crippen molar-refractivity contribution >= 4 is 17.3 Å². The topological polar surface area (TPSA) is 118 Å². The number of aliphatic hydroxyl groups is 1. The second-order valence-corrected chi connectivity index (χ2v) is 4.18. The summed E-state index contributed by atoms with van der Waals surface area (Å²) < 4.78 is 0. The number of hydrogen-bond acceptors (Lipinski definition) is 7. The second kappa shape index (κ2) is 7.49. The Hall–Kier alpha value is -1.93. The van der Waals surface area contributed by atoms with Crippen LogP contribution >= 0.6 is 0 Å². The molecule has 1 aromatic rings. The minimum absolute atomic E-state index is 0.0554. The number of nitrogens with one attached hydrogen (secondary N) is 1. The lowest BCUT2D eigenvalue weighted by Crippen LogP contribution is -2.21. The molecule has 0 fully saturated rings. The molecule has 0 bridgehead atoms. The van der Waals surface area contributed by atoms with E-state index in [1.54, 1.807) is 0 Å². The van der Waals surface area contributed by atoms with Gasteiger partial charge in [-0.2, -0.15) is 0 Å². The van der Waals surface area contributed by atoms with Crippen molar-refractivity contribution in [2.24, 2.45) is 5.84 Å². The molecule has 0 atom stereocenters. The van der Waals surface area contributed by atoms with Crippen LogP contribution in [0, 0.1) is 10.1 Å². The summed E-state index contributed by atoms with van der Waals surface area (Å²) in [5.74, 6) is 5.99. The van der Waals surface area contributed by atoms with Crippen molar-refractivity contribution in [1.29, 1.82) is 0 Å². The first-order chi connectivity index (χ1) is 9.08. The zero-order chi connectivity index (χ0) is 14.3. The summed E-state index contributed by atoms with van der Waals surface area (Å²) in [7, 11) is 1.81. The largest absolute Gasteiger partial charge is 0.396 e. The monoisotopic (exact) mass is 269 g/mol. The Kier molecular flexibility index (Phi) is 5.97. The average Bonchev–Trinajstić information content (AvgIpc) is 2.42. The number of anilines is 2. The van der Waals surface area contributed by atoms with E-state index in [0.717, 1.165) is 19.3 Å². The van der Waals surface area contributed by atoms with Gasteiger partial charge >= 0.3 is 0 Å². The number of hydrogen-bond donors (Lipinski definition) is 3. The van der Waals surface area contributed by atoms with Gasteiger partial charge in [0, 0.05) is 20.2 Å². The highest BCUT2D eigenvalue weighted by Crippen LogP contribution is 2.22. The van der Waals surface area contributed by atoms with E-state index in [-0.39, 0.29) is 18.1 Å². The Balaban J connectivity index is 2.74. The molecule has 1 aromatic heterocycles. The van der Waals surface area contributed by atoms with Crippen molar-refractivity contribution in [3.05, 3.63) is 22.2 Å². The lowest BCUT2D eigenvalue weighted by atomic mass is 10.2. The Morgan fingerprint density at radius 2 is 2.21 bits per heavy atom. The third-order valence-corrected chi connectivity index (χ3v) is 2.70. The standard InChI is InChI=1S/C11H19N5O3/c1-15(5-3-2-4-6-17)11-8-9(16(18)19)7-10(13-11)14-12/h7-8,17H,2-6,12H2,1H3,(H,13,14). The number of aliphatic hydroxyl groups excluding tert-OH is 1. The number of nitro groups is 1. The minimum atomic E-state index is -0.481. The van der Waals surface area contributed by atoms with Crippen molar-refractivity contribution in [1.82, 2.24) is 4.98 Å². The molecular weight excluding hydrogens is 250 g/mol. The van der Waals surface area contributed by atoms with E-state index in [1.807, 2.05) is 11.9 Å². The van der Waals surface area contributed by atoms with Crippen LogP contribution in [0.15, 0.2) is 12.1 Å². The summed E-state index contributed by atoms with van der Waals surface area (Å²) in [6, 6.07) is 2.69. The molecular formula is C11H19N5O3. The fourth-order valence-corrected chi connectivity index (χ4v) is 1.63. The highest BCUT2D eigenvalue weighted by Gasteiger charge is 2.13. The molecule has 8 heteroatoms. The number of pyridine rings is 1. The Morgan fingerprint density at radius 1 is 1.47 bits per heavy atom. The minimum Gasteiger partial charge on any atom is -0.396 e. The van der Waals surface area contributed by atoms with Crippen LogP contribution in [0.2, 0.25) is 0 Å². The van der Waals surface area contributed by atoms with Gasteiger partial charge in [-0.15, -0.1) is 0 Å². The molecule has 0 amide bonds. The molecule has 0 spiro atoms. The molecule has 0 radical (unpaired) electrons. The van der Waals surface area contributed by atoms with Crippen LogP contribution in [0.1, 0.15) is 19.3 Å². The lowest BCUT2D eigenvalue weighted by molar-refractivity contribution is -0.384. The number of nitrogens with two attached hydrogens (primary N) is 1. The van der Waals surface area contributed by atoms with Gasteiger partial charge in [-0.3, -0.25) is 10.1 Å². The number of aromatic nitrogens is 1. The van der Waals surface area contributed by atoms with E-state index in [2.05, 4.69) is 10.4 Å². The molecule has 0 aliphatic rings. The predicted molar refractivity (Wildman–Crippen MR) is 72.9 cm³/mol. The van der Waals surface area contributed by atoms with Crippen molar-refractivity contribution in [3.8, 4) is 0 Å². The highest BCUT2D eigenvalue weighted by molar-refractivity contribution is 5.55. The quantitative estimate of drug-likeness (QED) is 0.277. The van der Waals surface area contributed by atoms with Crippen molar-refractivity contribution in [2.45, 2.75) is 19.3 Å². The maximum absolute atomic E-state index is 10.8. The summed E-state index contributed by atoms with van der Waals surface area (Å²) in [6.07, 6.45) is 2.54. The number of hydrazine groups is 1. The molecule has 0 saturated heterocycles. The molecule has 0 unspecified atom stereocenters. The first-order valence-electron chi connectivity index (χ1n) is 6.03. The number of unbranched alkanes of at least 4 members (excludes halogenated alkanes) is 2. The van der Waals surface area contributed by atoms with E-state index in [4.69, 9.17) is 10.9 Å². The average molecular weight is 269 g/mol. The van der Waals surface area contributed by atoms with E-state index in [9.17, 15) is 10.1 Å². The van der Waals surface area contributed by atoms with E-state index < -0.39 is 4.92 Å². The molecule has 0 aliphatic heterocycles. The Morgan fingerprint density at radius 3 is 2.79 bits per heavy atom. The molecule has 0 aliphatic carbocycles. The Labute approximate surface area is 111 Å². The SMILES string of the molecule is CN(CCCCCO)c1cc([N+](=O)[O-])cc(NN)n1. The van der Waals surface area contributed by atoms with Gasteiger partial charge in [0.05, 0.1) is 17.1 Å². The van der Waals surface area contributed by atoms with Gasteiger partial charge in [-0.25, -0.2) is 10.8 Å². The fourth-order valence-electron chi connectivity index (χ4n) is 1.63. The van der Waals surface area contributed by atoms with Crippen LogP contribution in [0.3, 0.4) is 0 Å². The van der Waals surface area contributed by atoms with E-state index in [0.29, 0.717) is 12.4 Å². The smallest absolute Gasteiger partial charge is 0.276 e. The van der Waals surface area contributed by atoms with E-state index in [1.165, 1.54) is 12.1 Å². The van der Waals surface area contributed by atoms with Crippen LogP contribution in [0.4, 0.5) is 17.3 Å². The summed E-state index contributed by atoms with van der Waals surface area (Å²) in [6.45, 7) is 0.887. The van der Waals surface area contributed by atoms with Crippen LogP contribution in [-0.2, 0) is 0 Å². The van der Waals surface area contributed by atoms with Gasteiger partial charge in [-0.1, -0.05) is 0 Å². The molecule has 1 rings (SSSR count). The lowest BCUT2D eigenvalue weighted by Gasteiger charge is -2.18. The summed E-state index contributed by atoms with van der Waals surface area (Å²) in [5.41, 5.74) is 2.26. The van der Waals surface area contributed by atoms with Crippen molar-refractivity contribution in [2.75, 3.05) is 30.5 Å². The number of nitrogen functional groups attached to an aromatic ring is 1. The Bertz CT molecular complexity index is 427. The highest BCUT2D eigenvalue weighted by atomic mass is 16.6. The van der Waals surface area contributed by atoms with Gasteiger partial charge in [0.1, 0.15) is 11.6 Å². The third kappa shape index (κ3) is 4.68. The van der Waals surface area contributed by atoms with Crippen LogP contribution < -0.4 is 16.2 Å². The maximum atomic E-state index is 10.8. The summed E-state index contributed by atoms with van der Waals surface area (Å²) in [4.78, 5) is 16.3. The van der Waals surface area contributed by atoms with Crippen LogP contribution in [0.5, 0.6) is 0 Å². The van der Waals surface area contributed by atoms with Gasteiger partial charge in [-0.05, 0) is 19.3 Å². The molecule has 4 N–H and O–H groups in total. The number of rotatable bonds is 8. The normalized spacial score (nSPS) is 10.3. The molecule has 106 valence electrons. The van der Waals surface area contributed by atoms with Gasteiger partial charge < -0.3 is 15.4 Å². The third-order valence-electron chi connectivity index (χ3n) is 2.70. The fraction of sp³-hybridized carbons (Fsp3) is 0.545. The molecule has 0 aromatic carbocycles. The zero-order valence-corrected chi connectivity index (χ0v) is 10.9. The molecule has 19 heavy (non-hydrogen) atoms. The predicted octanol–water partition coefficient (Wildman–Crippen LogP) is 0.874. The molecule has 8 nitrogen and oxygen atoms in total. The van der Waals surface area contributed by atoms with Gasteiger partial charge in [0.15, 0.2) is 0 Å². The van der Waals surface area contributed by atoms with Crippen LogP contribution in [-0.4, -0.2) is 35.2 Å². The zero-order valence-electron chi connectivity index (χ0n) is 10.9. The molecule has 0 saturated carbocycles. The first-order valence-corrected chi connectivity index (χ1v) is 6.03. The second-order valence-electron chi connectivity index (χ2n) is 4.18. The summed E-state index contributed by atoms with van der Waals surface area (Å²) >= 11 is 0. The van der Waals surface area contributed by atoms with Crippen LogP contribution in [0.25, 0.3) is 0 Å². The van der Waals surface area contributed by atoms with E-state index >= 15 is 0 Å². The first kappa shape index (κ1) is 15.1. The maximum Gasteiger partial charge on any atom is 0.276 e. The van der Waals surface area contributed by atoms with Gasteiger partial charge in [0.25, 0.3) is 5.69 Å². The van der Waals surface area contributed by atoms with Crippen molar-refractivity contribution in [3.63, 3.8) is 0 Å². The summed E-state index contributed by atoms with van der Waals surface area (Å²) in [5, 5.41) is 19.5. The van der Waals surface area contributed by atoms with Gasteiger partial charge in [0.2, 0.25) is 0 Å². The number of nitrogens with zero attached hydrogens (tertiary/aromatic N) is 3.